The maximum Gasteiger partial charge on any atom is 0.260 e. The zero-order valence-corrected chi connectivity index (χ0v) is 12.7. The van der Waals surface area contributed by atoms with E-state index >= 15 is 0 Å². The number of amides is 1. The lowest BCUT2D eigenvalue weighted by molar-refractivity contribution is -0.134. The van der Waals surface area contributed by atoms with Gasteiger partial charge in [0.25, 0.3) is 5.91 Å². The number of hydrogen-bond donors (Lipinski definition) is 0. The van der Waals surface area contributed by atoms with Crippen LogP contribution in [-0.4, -0.2) is 45.5 Å². The topological polar surface area (TPSA) is 60.2 Å². The number of aryl methyl sites for hydroxylation is 1. The molecule has 1 saturated heterocycles. The van der Waals surface area contributed by atoms with Gasteiger partial charge in [-0.2, -0.15) is 0 Å². The molecule has 0 unspecified atom stereocenters. The summed E-state index contributed by atoms with van der Waals surface area (Å²) in [5.41, 5.74) is 1.12. The van der Waals surface area contributed by atoms with Crippen molar-refractivity contribution in [3.05, 3.63) is 42.2 Å². The molecule has 22 heavy (non-hydrogen) atoms. The predicted molar refractivity (Wildman–Crippen MR) is 81.5 cm³/mol. The standard InChI is InChI=1S/C16H20N4O2/c1-13-3-2-4-15(11-13)22-12-16(21)19-8-5-14(6-9-19)20-10-7-17-18-20/h2-4,7,10-11,14H,5-6,8-9,12H2,1H3. The van der Waals surface area contributed by atoms with Gasteiger partial charge in [-0.1, -0.05) is 17.3 Å². The summed E-state index contributed by atoms with van der Waals surface area (Å²) in [6.45, 7) is 3.57. The number of carbonyl (C=O) groups is 1. The maximum absolute atomic E-state index is 12.2. The SMILES string of the molecule is Cc1cccc(OCC(=O)N2CCC(n3ccnn3)CC2)c1. The second-order valence-electron chi connectivity index (χ2n) is 5.60. The van der Waals surface area contributed by atoms with Crippen molar-refractivity contribution in [2.45, 2.75) is 25.8 Å². The molecular formula is C16H20N4O2. The summed E-state index contributed by atoms with van der Waals surface area (Å²) >= 11 is 0. The number of benzene rings is 1. The Bertz CT molecular complexity index is 619. The van der Waals surface area contributed by atoms with Gasteiger partial charge in [0.1, 0.15) is 5.75 Å². The highest BCUT2D eigenvalue weighted by Gasteiger charge is 2.24. The molecule has 0 bridgehead atoms. The number of carbonyl (C=O) groups excluding carboxylic acids is 1. The summed E-state index contributed by atoms with van der Waals surface area (Å²) in [7, 11) is 0. The molecule has 0 saturated carbocycles. The minimum absolute atomic E-state index is 0.0403. The van der Waals surface area contributed by atoms with Gasteiger partial charge in [0, 0.05) is 19.3 Å². The Hall–Kier alpha value is -2.37. The van der Waals surface area contributed by atoms with Gasteiger partial charge < -0.3 is 9.64 Å². The molecule has 6 nitrogen and oxygen atoms in total. The number of ether oxygens (including phenoxy) is 1. The van der Waals surface area contributed by atoms with Gasteiger partial charge in [-0.3, -0.25) is 4.79 Å². The van der Waals surface area contributed by atoms with Gasteiger partial charge in [-0.05, 0) is 37.5 Å². The summed E-state index contributed by atoms with van der Waals surface area (Å²) in [5.74, 6) is 0.782. The summed E-state index contributed by atoms with van der Waals surface area (Å²) in [6, 6.07) is 8.08. The van der Waals surface area contributed by atoms with Crippen molar-refractivity contribution in [2.75, 3.05) is 19.7 Å². The molecule has 1 aliphatic rings. The van der Waals surface area contributed by atoms with Crippen LogP contribution in [0, 0.1) is 6.92 Å². The van der Waals surface area contributed by atoms with Crippen LogP contribution in [0.15, 0.2) is 36.7 Å². The Morgan fingerprint density at radius 2 is 2.18 bits per heavy atom. The molecule has 1 fully saturated rings. The van der Waals surface area contributed by atoms with Crippen LogP contribution in [0.5, 0.6) is 5.75 Å². The van der Waals surface area contributed by atoms with Crippen molar-refractivity contribution >= 4 is 5.91 Å². The molecule has 0 spiro atoms. The average molecular weight is 300 g/mol. The highest BCUT2D eigenvalue weighted by molar-refractivity contribution is 5.77. The predicted octanol–water partition coefficient (Wildman–Crippen LogP) is 1.83. The lowest BCUT2D eigenvalue weighted by Gasteiger charge is -2.31. The fourth-order valence-electron chi connectivity index (χ4n) is 2.73. The van der Waals surface area contributed by atoms with Gasteiger partial charge in [0.05, 0.1) is 12.2 Å². The third kappa shape index (κ3) is 3.44. The van der Waals surface area contributed by atoms with Crippen LogP contribution < -0.4 is 4.74 Å². The molecule has 6 heteroatoms. The van der Waals surface area contributed by atoms with E-state index in [0.29, 0.717) is 6.04 Å². The average Bonchev–Trinajstić information content (AvgIpc) is 3.07. The zero-order valence-electron chi connectivity index (χ0n) is 12.7. The zero-order chi connectivity index (χ0) is 15.4. The highest BCUT2D eigenvalue weighted by atomic mass is 16.5. The minimum Gasteiger partial charge on any atom is -0.484 e. The summed E-state index contributed by atoms with van der Waals surface area (Å²) in [4.78, 5) is 14.1. The lowest BCUT2D eigenvalue weighted by atomic mass is 10.1. The Labute approximate surface area is 129 Å². The first-order valence-corrected chi connectivity index (χ1v) is 7.55. The van der Waals surface area contributed by atoms with Gasteiger partial charge in [-0.15, -0.1) is 5.10 Å². The molecule has 1 aromatic carbocycles. The van der Waals surface area contributed by atoms with Gasteiger partial charge in [0.15, 0.2) is 6.61 Å². The smallest absolute Gasteiger partial charge is 0.260 e. The van der Waals surface area contributed by atoms with Crippen LogP contribution in [0.4, 0.5) is 0 Å². The molecular weight excluding hydrogens is 280 g/mol. The van der Waals surface area contributed by atoms with Crippen molar-refractivity contribution in [3.63, 3.8) is 0 Å². The van der Waals surface area contributed by atoms with E-state index in [4.69, 9.17) is 4.74 Å². The van der Waals surface area contributed by atoms with E-state index < -0.39 is 0 Å². The van der Waals surface area contributed by atoms with Crippen molar-refractivity contribution in [1.82, 2.24) is 19.9 Å². The van der Waals surface area contributed by atoms with Gasteiger partial charge >= 0.3 is 0 Å². The Morgan fingerprint density at radius 1 is 1.36 bits per heavy atom. The Kier molecular flexibility index (Phi) is 4.37. The molecule has 0 atom stereocenters. The van der Waals surface area contributed by atoms with Crippen LogP contribution in [0.3, 0.4) is 0 Å². The number of nitrogens with zero attached hydrogens (tertiary/aromatic N) is 4. The van der Waals surface area contributed by atoms with Crippen LogP contribution in [0.1, 0.15) is 24.4 Å². The summed E-state index contributed by atoms with van der Waals surface area (Å²) < 4.78 is 7.46. The molecule has 1 aromatic heterocycles. The van der Waals surface area contributed by atoms with Crippen LogP contribution in [0.2, 0.25) is 0 Å². The Morgan fingerprint density at radius 3 is 2.86 bits per heavy atom. The van der Waals surface area contributed by atoms with Crippen molar-refractivity contribution in [1.29, 1.82) is 0 Å². The van der Waals surface area contributed by atoms with Crippen LogP contribution >= 0.6 is 0 Å². The molecule has 0 N–H and O–H groups in total. The van der Waals surface area contributed by atoms with Crippen LogP contribution in [-0.2, 0) is 4.79 Å². The molecule has 1 aliphatic heterocycles. The molecule has 0 radical (unpaired) electrons. The third-order valence-corrected chi connectivity index (χ3v) is 3.98. The molecule has 116 valence electrons. The van der Waals surface area contributed by atoms with Gasteiger partial charge in [0.2, 0.25) is 0 Å². The first-order valence-electron chi connectivity index (χ1n) is 7.55. The van der Waals surface area contributed by atoms with E-state index in [-0.39, 0.29) is 12.5 Å². The fourth-order valence-corrected chi connectivity index (χ4v) is 2.73. The minimum atomic E-state index is 0.0403. The first kappa shape index (κ1) is 14.6. The van der Waals surface area contributed by atoms with Crippen molar-refractivity contribution < 1.29 is 9.53 Å². The summed E-state index contributed by atoms with van der Waals surface area (Å²) in [5, 5.41) is 7.87. The van der Waals surface area contributed by atoms with Gasteiger partial charge in [-0.25, -0.2) is 4.68 Å². The molecule has 2 heterocycles. The van der Waals surface area contributed by atoms with E-state index in [2.05, 4.69) is 10.3 Å². The van der Waals surface area contributed by atoms with E-state index in [1.807, 2.05) is 47.0 Å². The largest absolute Gasteiger partial charge is 0.484 e. The molecule has 1 amide bonds. The number of aromatic nitrogens is 3. The number of hydrogen-bond acceptors (Lipinski definition) is 4. The maximum atomic E-state index is 12.2. The number of rotatable bonds is 4. The third-order valence-electron chi connectivity index (χ3n) is 3.98. The van der Waals surface area contributed by atoms with E-state index in [9.17, 15) is 4.79 Å². The molecule has 3 rings (SSSR count). The van der Waals surface area contributed by atoms with Crippen molar-refractivity contribution in [3.8, 4) is 5.75 Å². The lowest BCUT2D eigenvalue weighted by Crippen LogP contribution is -2.41. The van der Waals surface area contributed by atoms with E-state index in [0.717, 1.165) is 37.2 Å². The first-order chi connectivity index (χ1) is 10.7. The second kappa shape index (κ2) is 6.60. The van der Waals surface area contributed by atoms with E-state index in [1.54, 1.807) is 6.20 Å². The number of piperidine rings is 1. The van der Waals surface area contributed by atoms with E-state index in [1.165, 1.54) is 0 Å². The highest BCUT2D eigenvalue weighted by Crippen LogP contribution is 2.21. The van der Waals surface area contributed by atoms with Crippen LogP contribution in [0.25, 0.3) is 0 Å². The molecule has 2 aromatic rings. The number of likely N-dealkylation sites (tertiary alicyclic amines) is 1. The normalized spacial score (nSPS) is 15.8. The quantitative estimate of drug-likeness (QED) is 0.864. The monoisotopic (exact) mass is 300 g/mol. The second-order valence-corrected chi connectivity index (χ2v) is 5.60. The molecule has 0 aliphatic carbocycles. The summed E-state index contributed by atoms with van der Waals surface area (Å²) in [6.07, 6.45) is 5.37. The van der Waals surface area contributed by atoms with Crippen molar-refractivity contribution in [2.24, 2.45) is 0 Å². The Balaban J connectivity index is 1.48. The fraction of sp³-hybridized carbons (Fsp3) is 0.438.